The van der Waals surface area contributed by atoms with E-state index in [1.165, 1.54) is 18.6 Å². The van der Waals surface area contributed by atoms with Crippen molar-refractivity contribution in [3.05, 3.63) is 46.1 Å². The van der Waals surface area contributed by atoms with E-state index in [2.05, 4.69) is 0 Å². The highest BCUT2D eigenvalue weighted by molar-refractivity contribution is 5.45. The third-order valence-corrected chi connectivity index (χ3v) is 1.51. The Kier molecular flexibility index (Phi) is 2.38. The minimum Gasteiger partial charge on any atom is -0.258 e. The summed E-state index contributed by atoms with van der Waals surface area (Å²) in [5.41, 5.74) is -0.153. The van der Waals surface area contributed by atoms with Gasteiger partial charge in [0.2, 0.25) is 5.82 Å². The third kappa shape index (κ3) is 1.42. The van der Waals surface area contributed by atoms with Gasteiger partial charge >= 0.3 is 5.69 Å². The third-order valence-electron chi connectivity index (χ3n) is 1.51. The highest BCUT2D eigenvalue weighted by Crippen LogP contribution is 2.22. The smallest absolute Gasteiger partial charge is 0.258 e. The van der Waals surface area contributed by atoms with Gasteiger partial charge in [0.1, 0.15) is 0 Å². The second-order valence-corrected chi connectivity index (χ2v) is 2.22. The van der Waals surface area contributed by atoms with E-state index in [0.717, 1.165) is 6.07 Å². The van der Waals surface area contributed by atoms with E-state index < -0.39 is 16.4 Å². The Hall–Kier alpha value is -1.45. The van der Waals surface area contributed by atoms with Gasteiger partial charge in [-0.3, -0.25) is 10.1 Å². The first-order valence-corrected chi connectivity index (χ1v) is 3.39. The van der Waals surface area contributed by atoms with Gasteiger partial charge in [0, 0.05) is 5.56 Å². The molecule has 0 saturated heterocycles. The van der Waals surface area contributed by atoms with Gasteiger partial charge in [0.05, 0.1) is 4.92 Å². The molecular weight excluding hydrogens is 161 g/mol. The molecule has 1 aromatic rings. The number of hydrogen-bond donors (Lipinski definition) is 0. The number of nitro benzene ring substituents is 1. The fraction of sp³-hybridized carbons (Fsp3) is 0.125. The summed E-state index contributed by atoms with van der Waals surface area (Å²) < 4.78 is 12.8. The summed E-state index contributed by atoms with van der Waals surface area (Å²) in [5.74, 6) is -0.796. The number of rotatable bonds is 2. The van der Waals surface area contributed by atoms with Crippen molar-refractivity contribution in [1.82, 2.24) is 0 Å². The molecule has 1 rings (SSSR count). The average molecular weight is 168 g/mol. The summed E-state index contributed by atoms with van der Waals surface area (Å²) >= 11 is 0. The lowest BCUT2D eigenvalue weighted by atomic mass is 10.1. The first kappa shape index (κ1) is 8.64. The first-order chi connectivity index (χ1) is 5.66. The maximum Gasteiger partial charge on any atom is 0.308 e. The van der Waals surface area contributed by atoms with E-state index in [1.807, 2.05) is 0 Å². The second kappa shape index (κ2) is 3.30. The van der Waals surface area contributed by atoms with Crippen molar-refractivity contribution in [3.8, 4) is 0 Å². The van der Waals surface area contributed by atoms with Crippen LogP contribution in [0.5, 0.6) is 0 Å². The van der Waals surface area contributed by atoms with Crippen LogP contribution in [0, 0.1) is 22.4 Å². The van der Waals surface area contributed by atoms with Gasteiger partial charge in [-0.1, -0.05) is 19.1 Å². The highest BCUT2D eigenvalue weighted by Gasteiger charge is 2.17. The maximum absolute atomic E-state index is 12.8. The number of halogens is 1. The fourth-order valence-corrected chi connectivity index (χ4v) is 0.958. The molecule has 12 heavy (non-hydrogen) atoms. The molecule has 0 unspecified atom stereocenters. The molecular formula is C8H7FNO2. The zero-order valence-corrected chi connectivity index (χ0v) is 6.45. The van der Waals surface area contributed by atoms with Gasteiger partial charge in [0.25, 0.3) is 0 Å². The quantitative estimate of drug-likeness (QED) is 0.502. The Morgan fingerprint density at radius 1 is 1.58 bits per heavy atom. The molecule has 0 heterocycles. The van der Waals surface area contributed by atoms with Gasteiger partial charge in [-0.2, -0.15) is 4.39 Å². The molecule has 0 saturated carbocycles. The number of hydrogen-bond acceptors (Lipinski definition) is 2. The lowest BCUT2D eigenvalue weighted by Crippen LogP contribution is -1.96. The number of para-hydroxylation sites is 1. The van der Waals surface area contributed by atoms with E-state index in [1.54, 1.807) is 6.92 Å². The molecule has 4 heteroatoms. The maximum atomic E-state index is 12.8. The molecule has 63 valence electrons. The normalized spacial score (nSPS) is 9.83. The molecule has 0 aliphatic rings. The topological polar surface area (TPSA) is 43.1 Å². The van der Waals surface area contributed by atoms with Gasteiger partial charge < -0.3 is 0 Å². The molecule has 0 amide bonds. The van der Waals surface area contributed by atoms with Crippen LogP contribution in [0.3, 0.4) is 0 Å². The SMILES string of the molecule is C[CH]c1cccc(F)c1[N+](=O)[O-]. The van der Waals surface area contributed by atoms with Crippen molar-refractivity contribution in [2.24, 2.45) is 0 Å². The summed E-state index contributed by atoms with van der Waals surface area (Å²) in [6.07, 6.45) is 1.50. The minimum atomic E-state index is -0.796. The Labute approximate surface area is 69.0 Å². The predicted octanol–water partition coefficient (Wildman–Crippen LogP) is 2.31. The van der Waals surface area contributed by atoms with Crippen LogP contribution in [0.2, 0.25) is 0 Å². The summed E-state index contributed by atoms with van der Waals surface area (Å²) in [4.78, 5) is 9.63. The molecule has 0 spiro atoms. The average Bonchev–Trinajstić information content (AvgIpc) is 2.03. The number of benzene rings is 1. The van der Waals surface area contributed by atoms with Crippen molar-refractivity contribution in [2.75, 3.05) is 0 Å². The Bertz CT molecular complexity index is 312. The van der Waals surface area contributed by atoms with E-state index in [-0.39, 0.29) is 0 Å². The standard InChI is InChI=1S/C8H7FNO2/c1-2-6-4-3-5-7(9)8(6)10(11)12/h2-5H,1H3. The number of nitrogens with zero attached hydrogens (tertiary/aromatic N) is 1. The van der Waals surface area contributed by atoms with Crippen molar-refractivity contribution >= 4 is 5.69 Å². The monoisotopic (exact) mass is 168 g/mol. The van der Waals surface area contributed by atoms with Crippen LogP contribution < -0.4 is 0 Å². The van der Waals surface area contributed by atoms with E-state index in [0.29, 0.717) is 5.56 Å². The van der Waals surface area contributed by atoms with Crippen molar-refractivity contribution in [1.29, 1.82) is 0 Å². The lowest BCUT2D eigenvalue weighted by molar-refractivity contribution is -0.388. The Morgan fingerprint density at radius 3 is 2.67 bits per heavy atom. The van der Waals surface area contributed by atoms with Crippen LogP contribution in [0.25, 0.3) is 0 Å². The van der Waals surface area contributed by atoms with Crippen LogP contribution in [0.4, 0.5) is 10.1 Å². The second-order valence-electron chi connectivity index (χ2n) is 2.22. The van der Waals surface area contributed by atoms with Crippen molar-refractivity contribution in [2.45, 2.75) is 6.92 Å². The predicted molar refractivity (Wildman–Crippen MR) is 42.1 cm³/mol. The summed E-state index contributed by atoms with van der Waals surface area (Å²) in [7, 11) is 0. The lowest BCUT2D eigenvalue weighted by Gasteiger charge is -1.98. The molecule has 0 bridgehead atoms. The van der Waals surface area contributed by atoms with Gasteiger partial charge in [-0.25, -0.2) is 0 Å². The Balaban J connectivity index is 3.29. The van der Waals surface area contributed by atoms with Crippen LogP contribution in [-0.4, -0.2) is 4.92 Å². The molecule has 0 N–H and O–H groups in total. The van der Waals surface area contributed by atoms with Crippen molar-refractivity contribution < 1.29 is 9.31 Å². The van der Waals surface area contributed by atoms with Crippen LogP contribution in [-0.2, 0) is 0 Å². The van der Waals surface area contributed by atoms with E-state index in [9.17, 15) is 14.5 Å². The molecule has 3 nitrogen and oxygen atoms in total. The number of nitro groups is 1. The van der Waals surface area contributed by atoms with E-state index >= 15 is 0 Å². The minimum absolute atomic E-state index is 0.306. The summed E-state index contributed by atoms with van der Waals surface area (Å²) in [5, 5.41) is 10.3. The first-order valence-electron chi connectivity index (χ1n) is 3.39. The van der Waals surface area contributed by atoms with E-state index in [4.69, 9.17) is 0 Å². The molecule has 0 aromatic heterocycles. The zero-order valence-electron chi connectivity index (χ0n) is 6.45. The van der Waals surface area contributed by atoms with Crippen LogP contribution in [0.1, 0.15) is 12.5 Å². The zero-order chi connectivity index (χ0) is 9.14. The molecule has 1 aromatic carbocycles. The summed E-state index contributed by atoms with van der Waals surface area (Å²) in [6.45, 7) is 1.63. The van der Waals surface area contributed by atoms with Gasteiger partial charge in [-0.15, -0.1) is 0 Å². The molecule has 0 fully saturated rings. The Morgan fingerprint density at radius 2 is 2.25 bits per heavy atom. The van der Waals surface area contributed by atoms with Crippen molar-refractivity contribution in [3.63, 3.8) is 0 Å². The van der Waals surface area contributed by atoms with Gasteiger partial charge in [-0.05, 0) is 12.5 Å². The molecule has 0 aliphatic carbocycles. The largest absolute Gasteiger partial charge is 0.308 e. The van der Waals surface area contributed by atoms with Crippen LogP contribution in [0.15, 0.2) is 18.2 Å². The highest BCUT2D eigenvalue weighted by atomic mass is 19.1. The van der Waals surface area contributed by atoms with Gasteiger partial charge in [0.15, 0.2) is 0 Å². The van der Waals surface area contributed by atoms with Crippen LogP contribution >= 0.6 is 0 Å². The summed E-state index contributed by atoms with van der Waals surface area (Å²) in [6, 6.07) is 4.02. The molecule has 0 aliphatic heterocycles. The molecule has 0 atom stereocenters. The fourth-order valence-electron chi connectivity index (χ4n) is 0.958. The molecule has 1 radical (unpaired) electrons.